The summed E-state index contributed by atoms with van der Waals surface area (Å²) in [4.78, 5) is 37.2. The summed E-state index contributed by atoms with van der Waals surface area (Å²) >= 11 is 0. The van der Waals surface area contributed by atoms with Gasteiger partial charge < -0.3 is 0 Å². The summed E-state index contributed by atoms with van der Waals surface area (Å²) < 4.78 is 0. The highest BCUT2D eigenvalue weighted by atomic mass is 16.1. The lowest BCUT2D eigenvalue weighted by atomic mass is 9.97. The van der Waals surface area contributed by atoms with Gasteiger partial charge in [-0.05, 0) is 12.8 Å². The first-order valence-electron chi connectivity index (χ1n) is 11.4. The standard InChI is InChI=1S/C27H34O3/c1-3-5-7-9-11-25(28)21-13-17-23(18-14-21)27(30)24-19-15-22(16-20-24)26(29)12-10-8-6-4-2/h13-20H,3-12H2,1-2H3. The van der Waals surface area contributed by atoms with E-state index in [-0.39, 0.29) is 17.3 Å². The van der Waals surface area contributed by atoms with Crippen LogP contribution in [-0.2, 0) is 0 Å². The highest BCUT2D eigenvalue weighted by Gasteiger charge is 2.12. The van der Waals surface area contributed by atoms with Crippen molar-refractivity contribution < 1.29 is 14.4 Å². The van der Waals surface area contributed by atoms with E-state index in [1.165, 1.54) is 0 Å². The molecule has 0 unspecified atom stereocenters. The van der Waals surface area contributed by atoms with Crippen molar-refractivity contribution >= 4 is 17.3 Å². The molecule has 2 aromatic carbocycles. The summed E-state index contributed by atoms with van der Waals surface area (Å²) in [6.07, 6.45) is 9.72. The molecule has 3 heteroatoms. The molecule has 0 saturated heterocycles. The van der Waals surface area contributed by atoms with Gasteiger partial charge >= 0.3 is 0 Å². The minimum atomic E-state index is -0.0983. The Morgan fingerprint density at radius 3 is 1.17 bits per heavy atom. The monoisotopic (exact) mass is 406 g/mol. The van der Waals surface area contributed by atoms with Crippen LogP contribution in [0.15, 0.2) is 48.5 Å². The summed E-state index contributed by atoms with van der Waals surface area (Å²) in [6.45, 7) is 4.30. The van der Waals surface area contributed by atoms with Crippen molar-refractivity contribution in [2.24, 2.45) is 0 Å². The largest absolute Gasteiger partial charge is 0.294 e. The Kier molecular flexibility index (Phi) is 10.2. The van der Waals surface area contributed by atoms with Gasteiger partial charge in [-0.1, -0.05) is 101 Å². The molecule has 0 fully saturated rings. The third-order valence-electron chi connectivity index (χ3n) is 5.45. The number of Topliss-reactive ketones (excluding diaryl/α,β-unsaturated/α-hetero) is 2. The first-order chi connectivity index (χ1) is 14.6. The zero-order chi connectivity index (χ0) is 21.8. The second-order valence-electron chi connectivity index (χ2n) is 7.95. The maximum Gasteiger partial charge on any atom is 0.193 e. The van der Waals surface area contributed by atoms with E-state index in [1.54, 1.807) is 48.5 Å². The van der Waals surface area contributed by atoms with E-state index in [0.29, 0.717) is 35.1 Å². The molecule has 0 radical (unpaired) electrons. The molecule has 2 aromatic rings. The van der Waals surface area contributed by atoms with Gasteiger partial charge in [0.15, 0.2) is 17.3 Å². The van der Waals surface area contributed by atoms with Gasteiger partial charge in [0.25, 0.3) is 0 Å². The van der Waals surface area contributed by atoms with Crippen LogP contribution in [0.4, 0.5) is 0 Å². The smallest absolute Gasteiger partial charge is 0.193 e. The van der Waals surface area contributed by atoms with Crippen LogP contribution in [0.3, 0.4) is 0 Å². The Bertz CT molecular complexity index is 747. The lowest BCUT2D eigenvalue weighted by Crippen LogP contribution is -2.05. The van der Waals surface area contributed by atoms with Gasteiger partial charge in [-0.15, -0.1) is 0 Å². The lowest BCUT2D eigenvalue weighted by molar-refractivity contribution is 0.0971. The van der Waals surface area contributed by atoms with E-state index in [9.17, 15) is 14.4 Å². The quantitative estimate of drug-likeness (QED) is 0.246. The molecule has 0 atom stereocenters. The number of benzene rings is 2. The highest BCUT2D eigenvalue weighted by Crippen LogP contribution is 2.16. The van der Waals surface area contributed by atoms with Gasteiger partial charge in [-0.2, -0.15) is 0 Å². The molecule has 3 nitrogen and oxygen atoms in total. The Morgan fingerprint density at radius 2 is 0.833 bits per heavy atom. The second-order valence-corrected chi connectivity index (χ2v) is 7.95. The van der Waals surface area contributed by atoms with Gasteiger partial charge in [-0.3, -0.25) is 14.4 Å². The van der Waals surface area contributed by atoms with E-state index in [1.807, 2.05) is 0 Å². The summed E-state index contributed by atoms with van der Waals surface area (Å²) in [7, 11) is 0. The molecule has 30 heavy (non-hydrogen) atoms. The van der Waals surface area contributed by atoms with Gasteiger partial charge in [0.05, 0.1) is 0 Å². The minimum Gasteiger partial charge on any atom is -0.294 e. The van der Waals surface area contributed by atoms with E-state index in [4.69, 9.17) is 0 Å². The molecule has 160 valence electrons. The Hall–Kier alpha value is -2.55. The molecular formula is C27H34O3. The summed E-state index contributed by atoms with van der Waals surface area (Å²) in [6, 6.07) is 13.8. The first-order valence-corrected chi connectivity index (χ1v) is 11.4. The number of carbonyl (C=O) groups is 3. The van der Waals surface area contributed by atoms with Crippen LogP contribution < -0.4 is 0 Å². The lowest BCUT2D eigenvalue weighted by Gasteiger charge is -2.06. The molecule has 0 aromatic heterocycles. The third-order valence-corrected chi connectivity index (χ3v) is 5.45. The molecule has 0 aliphatic rings. The van der Waals surface area contributed by atoms with E-state index >= 15 is 0 Å². The zero-order valence-corrected chi connectivity index (χ0v) is 18.4. The highest BCUT2D eigenvalue weighted by molar-refractivity contribution is 6.10. The van der Waals surface area contributed by atoms with Crippen molar-refractivity contribution in [2.75, 3.05) is 0 Å². The molecule has 0 N–H and O–H groups in total. The van der Waals surface area contributed by atoms with Crippen LogP contribution >= 0.6 is 0 Å². The molecule has 0 heterocycles. The summed E-state index contributed by atoms with van der Waals surface area (Å²) in [5.41, 5.74) is 2.42. The fourth-order valence-electron chi connectivity index (χ4n) is 3.49. The van der Waals surface area contributed by atoms with E-state index in [0.717, 1.165) is 51.4 Å². The summed E-state index contributed by atoms with van der Waals surface area (Å²) in [5, 5.41) is 0. The van der Waals surface area contributed by atoms with Crippen molar-refractivity contribution in [1.82, 2.24) is 0 Å². The third kappa shape index (κ3) is 7.37. The first kappa shape index (κ1) is 23.7. The van der Waals surface area contributed by atoms with E-state index in [2.05, 4.69) is 13.8 Å². The molecule has 0 spiro atoms. The maximum absolute atomic E-state index is 12.7. The minimum absolute atomic E-state index is 0.0983. The number of carbonyl (C=O) groups excluding carboxylic acids is 3. The Balaban J connectivity index is 1.93. The average molecular weight is 407 g/mol. The zero-order valence-electron chi connectivity index (χ0n) is 18.4. The molecule has 2 rings (SSSR count). The normalized spacial score (nSPS) is 10.7. The Morgan fingerprint density at radius 1 is 0.500 bits per heavy atom. The van der Waals surface area contributed by atoms with Crippen LogP contribution in [0.5, 0.6) is 0 Å². The number of hydrogen-bond donors (Lipinski definition) is 0. The molecule has 0 aliphatic carbocycles. The van der Waals surface area contributed by atoms with Crippen LogP contribution in [0.25, 0.3) is 0 Å². The average Bonchev–Trinajstić information content (AvgIpc) is 2.79. The predicted octanol–water partition coefficient (Wildman–Crippen LogP) is 7.22. The van der Waals surface area contributed by atoms with Crippen LogP contribution in [-0.4, -0.2) is 17.3 Å². The van der Waals surface area contributed by atoms with Gasteiger partial charge in [0.2, 0.25) is 0 Å². The molecule has 0 saturated carbocycles. The second kappa shape index (κ2) is 12.9. The van der Waals surface area contributed by atoms with Crippen molar-refractivity contribution in [3.8, 4) is 0 Å². The van der Waals surface area contributed by atoms with Crippen molar-refractivity contribution in [3.05, 3.63) is 70.8 Å². The summed E-state index contributed by atoms with van der Waals surface area (Å²) in [5.74, 6) is 0.165. The molecule has 0 amide bonds. The SMILES string of the molecule is CCCCCCC(=O)c1ccc(C(=O)c2ccc(C(=O)CCCCCC)cc2)cc1. The van der Waals surface area contributed by atoms with Crippen molar-refractivity contribution in [2.45, 2.75) is 78.1 Å². The Labute approximate surface area is 180 Å². The van der Waals surface area contributed by atoms with Gasteiger partial charge in [-0.25, -0.2) is 0 Å². The predicted molar refractivity (Wildman–Crippen MR) is 122 cm³/mol. The number of hydrogen-bond acceptors (Lipinski definition) is 3. The van der Waals surface area contributed by atoms with Crippen LogP contribution in [0.1, 0.15) is 115 Å². The molecular weight excluding hydrogens is 372 g/mol. The van der Waals surface area contributed by atoms with E-state index < -0.39 is 0 Å². The topological polar surface area (TPSA) is 51.2 Å². The van der Waals surface area contributed by atoms with Crippen LogP contribution in [0.2, 0.25) is 0 Å². The van der Waals surface area contributed by atoms with Crippen molar-refractivity contribution in [3.63, 3.8) is 0 Å². The maximum atomic E-state index is 12.7. The number of rotatable bonds is 14. The molecule has 0 bridgehead atoms. The fraction of sp³-hybridized carbons (Fsp3) is 0.444. The van der Waals surface area contributed by atoms with Crippen molar-refractivity contribution in [1.29, 1.82) is 0 Å². The number of ketones is 3. The molecule has 0 aliphatic heterocycles. The number of unbranched alkanes of at least 4 members (excludes halogenated alkanes) is 6. The van der Waals surface area contributed by atoms with Gasteiger partial charge in [0, 0.05) is 35.1 Å². The van der Waals surface area contributed by atoms with Crippen LogP contribution in [0, 0.1) is 0 Å². The van der Waals surface area contributed by atoms with Gasteiger partial charge in [0.1, 0.15) is 0 Å². The fourth-order valence-corrected chi connectivity index (χ4v) is 3.49.